The van der Waals surface area contributed by atoms with Crippen molar-refractivity contribution in [3.8, 4) is 0 Å². The molecule has 1 aliphatic rings. The molecule has 0 bridgehead atoms. The molecule has 1 heterocycles. The molecule has 1 aromatic heterocycles. The molecule has 0 unspecified atom stereocenters. The first-order valence-electron chi connectivity index (χ1n) is 6.94. The Kier molecular flexibility index (Phi) is 4.20. The highest BCUT2D eigenvalue weighted by Crippen LogP contribution is 2.22. The average Bonchev–Trinajstić information content (AvgIpc) is 3.10. The first-order chi connectivity index (χ1) is 10.2. The van der Waals surface area contributed by atoms with E-state index >= 15 is 0 Å². The molecular weight excluding hydrogens is 290 g/mol. The van der Waals surface area contributed by atoms with Crippen molar-refractivity contribution in [2.24, 2.45) is 0 Å². The summed E-state index contributed by atoms with van der Waals surface area (Å²) in [4.78, 5) is 36.2. The first kappa shape index (κ1) is 16.0. The summed E-state index contributed by atoms with van der Waals surface area (Å²) in [6.07, 6.45) is 1.76. The highest BCUT2D eigenvalue weighted by Gasteiger charge is 2.35. The van der Waals surface area contributed by atoms with Gasteiger partial charge in [-0.25, -0.2) is 4.79 Å². The van der Waals surface area contributed by atoms with E-state index in [1.54, 1.807) is 20.8 Å². The summed E-state index contributed by atoms with van der Waals surface area (Å²) in [5.74, 6) is -2.34. The lowest BCUT2D eigenvalue weighted by molar-refractivity contribution is 0.0589. The number of hydrogen-bond acceptors (Lipinski definition) is 6. The molecule has 0 aromatic carbocycles. The number of ether oxygens (including phenoxy) is 1. The van der Waals surface area contributed by atoms with Crippen molar-refractivity contribution in [2.75, 3.05) is 7.11 Å². The van der Waals surface area contributed by atoms with Crippen LogP contribution in [0.4, 0.5) is 0 Å². The summed E-state index contributed by atoms with van der Waals surface area (Å²) < 4.78 is 9.55. The number of hydrogen-bond donors (Lipinski definition) is 2. The van der Waals surface area contributed by atoms with Crippen molar-refractivity contribution in [3.05, 3.63) is 17.0 Å². The van der Waals surface area contributed by atoms with Gasteiger partial charge in [0.15, 0.2) is 5.69 Å². The summed E-state index contributed by atoms with van der Waals surface area (Å²) in [7, 11) is 1.16. The Bertz CT molecular complexity index is 610. The highest BCUT2D eigenvalue weighted by molar-refractivity contribution is 6.10. The Hall–Kier alpha value is -2.38. The van der Waals surface area contributed by atoms with Gasteiger partial charge in [-0.15, -0.1) is 0 Å². The van der Waals surface area contributed by atoms with Gasteiger partial charge in [0.1, 0.15) is 5.56 Å². The number of nitrogens with zero attached hydrogens (tertiary/aromatic N) is 1. The fourth-order valence-electron chi connectivity index (χ4n) is 1.77. The second-order valence-corrected chi connectivity index (χ2v) is 6.18. The van der Waals surface area contributed by atoms with Crippen LogP contribution < -0.4 is 10.6 Å². The lowest BCUT2D eigenvalue weighted by atomic mass is 10.1. The minimum absolute atomic E-state index is 0.0787. The van der Waals surface area contributed by atoms with Crippen LogP contribution in [-0.2, 0) is 4.74 Å². The van der Waals surface area contributed by atoms with Gasteiger partial charge in [0.25, 0.3) is 11.8 Å². The molecule has 0 atom stereocenters. The maximum Gasteiger partial charge on any atom is 0.344 e. The number of carbonyl (C=O) groups is 3. The van der Waals surface area contributed by atoms with E-state index in [0.717, 1.165) is 20.0 Å². The number of amides is 2. The summed E-state index contributed by atoms with van der Waals surface area (Å²) in [6.45, 7) is 5.34. The van der Waals surface area contributed by atoms with E-state index in [2.05, 4.69) is 20.5 Å². The van der Waals surface area contributed by atoms with Gasteiger partial charge in [-0.2, -0.15) is 0 Å². The van der Waals surface area contributed by atoms with Crippen molar-refractivity contribution in [2.45, 2.75) is 45.2 Å². The van der Waals surface area contributed by atoms with Crippen LogP contribution in [0, 0.1) is 0 Å². The van der Waals surface area contributed by atoms with Gasteiger partial charge in [0.05, 0.1) is 7.11 Å². The fourth-order valence-corrected chi connectivity index (χ4v) is 1.77. The van der Waals surface area contributed by atoms with Gasteiger partial charge in [0, 0.05) is 11.6 Å². The Morgan fingerprint density at radius 1 is 1.23 bits per heavy atom. The molecule has 2 rings (SSSR count). The number of rotatable bonds is 4. The molecule has 1 aliphatic carbocycles. The fraction of sp³-hybridized carbons (Fsp3) is 0.571. The summed E-state index contributed by atoms with van der Waals surface area (Å²) >= 11 is 0. The van der Waals surface area contributed by atoms with E-state index in [1.165, 1.54) is 0 Å². The van der Waals surface area contributed by atoms with Crippen LogP contribution in [0.3, 0.4) is 0 Å². The number of carbonyl (C=O) groups excluding carboxylic acids is 3. The quantitative estimate of drug-likeness (QED) is 0.799. The zero-order chi connectivity index (χ0) is 16.5. The molecule has 2 amide bonds. The summed E-state index contributed by atoms with van der Waals surface area (Å²) in [5, 5.41) is 8.91. The van der Waals surface area contributed by atoms with Crippen molar-refractivity contribution >= 4 is 17.8 Å². The van der Waals surface area contributed by atoms with E-state index in [-0.39, 0.29) is 23.1 Å². The molecule has 2 N–H and O–H groups in total. The Morgan fingerprint density at radius 3 is 2.36 bits per heavy atom. The zero-order valence-corrected chi connectivity index (χ0v) is 13.0. The molecule has 0 spiro atoms. The highest BCUT2D eigenvalue weighted by atomic mass is 16.5. The third-order valence-corrected chi connectivity index (χ3v) is 2.90. The van der Waals surface area contributed by atoms with E-state index < -0.39 is 23.3 Å². The lowest BCUT2D eigenvalue weighted by Crippen LogP contribution is -2.41. The van der Waals surface area contributed by atoms with Crippen molar-refractivity contribution in [3.63, 3.8) is 0 Å². The second-order valence-electron chi connectivity index (χ2n) is 6.18. The predicted molar refractivity (Wildman–Crippen MR) is 75.5 cm³/mol. The minimum atomic E-state index is -0.846. The molecule has 22 heavy (non-hydrogen) atoms. The van der Waals surface area contributed by atoms with Crippen LogP contribution in [0.1, 0.15) is 65.0 Å². The SMILES string of the molecule is COC(=O)c1c(C(=O)NC(C)(C)C)noc1C(=O)NC1CC1. The van der Waals surface area contributed by atoms with E-state index in [0.29, 0.717) is 0 Å². The van der Waals surface area contributed by atoms with Crippen molar-refractivity contribution in [1.82, 2.24) is 15.8 Å². The Balaban J connectivity index is 2.33. The maximum absolute atomic E-state index is 12.2. The second kappa shape index (κ2) is 5.78. The van der Waals surface area contributed by atoms with E-state index in [4.69, 9.17) is 4.52 Å². The summed E-state index contributed by atoms with van der Waals surface area (Å²) in [5.41, 5.74) is -1.05. The van der Waals surface area contributed by atoms with Gasteiger partial charge >= 0.3 is 5.97 Å². The standard InChI is InChI=1S/C14H19N3O5/c1-14(2,3)16-11(18)9-8(13(20)21-4)10(22-17-9)12(19)15-7-5-6-7/h7H,5-6H2,1-4H3,(H,15,19)(H,16,18). The van der Waals surface area contributed by atoms with E-state index in [9.17, 15) is 14.4 Å². The minimum Gasteiger partial charge on any atom is -0.465 e. The average molecular weight is 309 g/mol. The van der Waals surface area contributed by atoms with Crippen LogP contribution in [0.15, 0.2) is 4.52 Å². The number of esters is 1. The van der Waals surface area contributed by atoms with Crippen molar-refractivity contribution < 1.29 is 23.6 Å². The van der Waals surface area contributed by atoms with Gasteiger partial charge in [-0.3, -0.25) is 9.59 Å². The van der Waals surface area contributed by atoms with Crippen LogP contribution in [0.2, 0.25) is 0 Å². The third-order valence-electron chi connectivity index (χ3n) is 2.90. The van der Waals surface area contributed by atoms with E-state index in [1.807, 2.05) is 0 Å². The van der Waals surface area contributed by atoms with Gasteiger partial charge in [-0.05, 0) is 33.6 Å². The lowest BCUT2D eigenvalue weighted by Gasteiger charge is -2.19. The molecule has 0 aliphatic heterocycles. The van der Waals surface area contributed by atoms with Crippen LogP contribution in [0.25, 0.3) is 0 Å². The monoisotopic (exact) mass is 309 g/mol. The van der Waals surface area contributed by atoms with Crippen LogP contribution in [-0.4, -0.2) is 41.6 Å². The predicted octanol–water partition coefficient (Wildman–Crippen LogP) is 0.882. The molecule has 1 aromatic rings. The number of nitrogens with one attached hydrogen (secondary N) is 2. The summed E-state index contributed by atoms with van der Waals surface area (Å²) in [6, 6.07) is 0.0787. The zero-order valence-electron chi connectivity index (χ0n) is 13.0. The molecule has 1 fully saturated rings. The van der Waals surface area contributed by atoms with Gasteiger partial charge < -0.3 is 19.9 Å². The Labute approximate surface area is 127 Å². The first-order valence-corrected chi connectivity index (χ1v) is 6.94. The molecule has 0 radical (unpaired) electrons. The topological polar surface area (TPSA) is 111 Å². The van der Waals surface area contributed by atoms with Crippen LogP contribution >= 0.6 is 0 Å². The van der Waals surface area contributed by atoms with Crippen LogP contribution in [0.5, 0.6) is 0 Å². The number of aromatic nitrogens is 1. The maximum atomic E-state index is 12.2. The normalized spacial score (nSPS) is 14.4. The molecule has 120 valence electrons. The molecule has 0 saturated heterocycles. The smallest absolute Gasteiger partial charge is 0.344 e. The van der Waals surface area contributed by atoms with Gasteiger partial charge in [-0.1, -0.05) is 5.16 Å². The third kappa shape index (κ3) is 3.63. The number of methoxy groups -OCH3 is 1. The largest absolute Gasteiger partial charge is 0.465 e. The van der Waals surface area contributed by atoms with Crippen molar-refractivity contribution in [1.29, 1.82) is 0 Å². The Morgan fingerprint density at radius 2 is 1.86 bits per heavy atom. The molecular formula is C14H19N3O5. The van der Waals surface area contributed by atoms with Gasteiger partial charge in [0.2, 0.25) is 5.76 Å². The molecule has 1 saturated carbocycles. The molecule has 8 heteroatoms. The molecule has 8 nitrogen and oxygen atoms in total.